The number of hydrogen-bond donors (Lipinski definition) is 0. The van der Waals surface area contributed by atoms with Gasteiger partial charge in [-0.1, -0.05) is 12.1 Å². The van der Waals surface area contributed by atoms with E-state index in [1.165, 1.54) is 0 Å². The Hall–Kier alpha value is -1.29. The average Bonchev–Trinajstić information content (AvgIpc) is 2.26. The molecule has 4 heteroatoms. The zero-order valence-electron chi connectivity index (χ0n) is 9.60. The Bertz CT molecular complexity index is 546. The van der Waals surface area contributed by atoms with E-state index >= 15 is 0 Å². The SMILES string of the molecule is CC(C)(C)S(=O)c1cnc2ccccc2n1. The quantitative estimate of drug-likeness (QED) is 0.761. The summed E-state index contributed by atoms with van der Waals surface area (Å²) in [6.07, 6.45) is 1.60. The van der Waals surface area contributed by atoms with E-state index in [4.69, 9.17) is 0 Å². The molecular formula is C12H14N2OS. The van der Waals surface area contributed by atoms with Crippen LogP contribution < -0.4 is 0 Å². The van der Waals surface area contributed by atoms with Crippen LogP contribution in [0.5, 0.6) is 0 Å². The Morgan fingerprint density at radius 3 is 2.38 bits per heavy atom. The lowest BCUT2D eigenvalue weighted by Crippen LogP contribution is -2.22. The topological polar surface area (TPSA) is 42.9 Å². The number of rotatable bonds is 1. The fraction of sp³-hybridized carbons (Fsp3) is 0.333. The van der Waals surface area contributed by atoms with Crippen molar-refractivity contribution in [1.82, 2.24) is 9.97 Å². The summed E-state index contributed by atoms with van der Waals surface area (Å²) >= 11 is 0. The molecule has 0 amide bonds. The van der Waals surface area contributed by atoms with Gasteiger partial charge in [-0.2, -0.15) is 0 Å². The maximum atomic E-state index is 12.1. The fourth-order valence-electron chi connectivity index (χ4n) is 1.34. The van der Waals surface area contributed by atoms with Crippen LogP contribution in [0, 0.1) is 0 Å². The van der Waals surface area contributed by atoms with E-state index in [2.05, 4.69) is 9.97 Å². The van der Waals surface area contributed by atoms with Gasteiger partial charge >= 0.3 is 0 Å². The number of nitrogens with zero attached hydrogens (tertiary/aromatic N) is 2. The van der Waals surface area contributed by atoms with Crippen LogP contribution in [0.15, 0.2) is 35.5 Å². The first kappa shape index (κ1) is 11.2. The molecule has 1 aromatic heterocycles. The zero-order valence-corrected chi connectivity index (χ0v) is 10.4. The second-order valence-electron chi connectivity index (χ2n) is 4.58. The van der Waals surface area contributed by atoms with Crippen LogP contribution in [0.25, 0.3) is 11.0 Å². The normalized spacial score (nSPS) is 13.9. The van der Waals surface area contributed by atoms with Gasteiger partial charge in [0.25, 0.3) is 0 Å². The summed E-state index contributed by atoms with van der Waals surface area (Å²) in [4.78, 5) is 8.64. The van der Waals surface area contributed by atoms with Crippen molar-refractivity contribution in [2.24, 2.45) is 0 Å². The van der Waals surface area contributed by atoms with Crippen LogP contribution in [0.2, 0.25) is 0 Å². The predicted molar refractivity (Wildman–Crippen MR) is 65.7 cm³/mol. The molecule has 0 bridgehead atoms. The van der Waals surface area contributed by atoms with E-state index in [-0.39, 0.29) is 4.75 Å². The molecule has 0 aliphatic carbocycles. The molecule has 0 N–H and O–H groups in total. The number of aromatic nitrogens is 2. The summed E-state index contributed by atoms with van der Waals surface area (Å²) in [5.41, 5.74) is 1.62. The second-order valence-corrected chi connectivity index (χ2v) is 6.76. The molecule has 0 aliphatic rings. The molecule has 1 heterocycles. The molecule has 0 aliphatic heterocycles. The van der Waals surface area contributed by atoms with E-state index in [9.17, 15) is 4.21 Å². The highest BCUT2D eigenvalue weighted by atomic mass is 32.2. The van der Waals surface area contributed by atoms with E-state index in [1.54, 1.807) is 6.20 Å². The Kier molecular flexibility index (Phi) is 2.76. The third kappa shape index (κ3) is 2.11. The lowest BCUT2D eigenvalue weighted by molar-refractivity contribution is 0.645. The monoisotopic (exact) mass is 234 g/mol. The second kappa shape index (κ2) is 3.94. The van der Waals surface area contributed by atoms with E-state index in [1.807, 2.05) is 45.0 Å². The summed E-state index contributed by atoms with van der Waals surface area (Å²) in [5.74, 6) is 0. The maximum Gasteiger partial charge on any atom is 0.146 e. The summed E-state index contributed by atoms with van der Waals surface area (Å²) in [6, 6.07) is 7.59. The fourth-order valence-corrected chi connectivity index (χ4v) is 2.30. The third-order valence-electron chi connectivity index (χ3n) is 2.17. The van der Waals surface area contributed by atoms with Gasteiger partial charge in [0.15, 0.2) is 0 Å². The standard InChI is InChI=1S/C12H14N2OS/c1-12(2,3)16(15)11-8-13-9-6-4-5-7-10(9)14-11/h4-8H,1-3H3. The van der Waals surface area contributed by atoms with E-state index in [0.29, 0.717) is 5.03 Å². The molecule has 0 saturated carbocycles. The molecule has 1 atom stereocenters. The molecular weight excluding hydrogens is 220 g/mol. The van der Waals surface area contributed by atoms with Crippen LogP contribution in [-0.2, 0) is 10.8 Å². The average molecular weight is 234 g/mol. The Balaban J connectivity index is 2.52. The van der Waals surface area contributed by atoms with Crippen molar-refractivity contribution in [3.8, 4) is 0 Å². The lowest BCUT2D eigenvalue weighted by Gasteiger charge is -2.16. The van der Waals surface area contributed by atoms with Crippen molar-refractivity contribution in [3.05, 3.63) is 30.5 Å². The summed E-state index contributed by atoms with van der Waals surface area (Å²) in [7, 11) is -1.13. The number of fused-ring (bicyclic) bond motifs is 1. The molecule has 2 rings (SSSR count). The predicted octanol–water partition coefficient (Wildman–Crippen LogP) is 2.54. The van der Waals surface area contributed by atoms with Crippen LogP contribution in [-0.4, -0.2) is 18.9 Å². The minimum Gasteiger partial charge on any atom is -0.252 e. The first-order chi connectivity index (χ1) is 7.48. The van der Waals surface area contributed by atoms with E-state index in [0.717, 1.165) is 11.0 Å². The van der Waals surface area contributed by atoms with Crippen molar-refractivity contribution in [2.45, 2.75) is 30.5 Å². The highest BCUT2D eigenvalue weighted by Crippen LogP contribution is 2.19. The molecule has 0 radical (unpaired) electrons. The van der Waals surface area contributed by atoms with Crippen molar-refractivity contribution in [3.63, 3.8) is 0 Å². The number of benzene rings is 1. The highest BCUT2D eigenvalue weighted by Gasteiger charge is 2.22. The van der Waals surface area contributed by atoms with Gasteiger partial charge in [-0.15, -0.1) is 0 Å². The molecule has 0 fully saturated rings. The Morgan fingerprint density at radius 2 is 1.75 bits per heavy atom. The molecule has 16 heavy (non-hydrogen) atoms. The Labute approximate surface area is 97.4 Å². The highest BCUT2D eigenvalue weighted by molar-refractivity contribution is 7.86. The van der Waals surface area contributed by atoms with Gasteiger partial charge in [-0.3, -0.25) is 9.19 Å². The molecule has 3 nitrogen and oxygen atoms in total. The van der Waals surface area contributed by atoms with Crippen LogP contribution in [0.3, 0.4) is 0 Å². The van der Waals surface area contributed by atoms with Crippen molar-refractivity contribution >= 4 is 21.8 Å². The van der Waals surface area contributed by atoms with Gasteiger partial charge in [0.1, 0.15) is 5.03 Å². The Morgan fingerprint density at radius 1 is 1.12 bits per heavy atom. The molecule has 1 aromatic carbocycles. The smallest absolute Gasteiger partial charge is 0.146 e. The summed E-state index contributed by atoms with van der Waals surface area (Å²) in [5, 5.41) is 0.547. The molecule has 0 spiro atoms. The maximum absolute atomic E-state index is 12.1. The van der Waals surface area contributed by atoms with Crippen molar-refractivity contribution in [1.29, 1.82) is 0 Å². The number of para-hydroxylation sites is 2. The van der Waals surface area contributed by atoms with Crippen LogP contribution >= 0.6 is 0 Å². The third-order valence-corrected chi connectivity index (χ3v) is 3.86. The van der Waals surface area contributed by atoms with E-state index < -0.39 is 10.8 Å². The van der Waals surface area contributed by atoms with Gasteiger partial charge in [-0.05, 0) is 32.9 Å². The molecule has 0 saturated heterocycles. The molecule has 2 aromatic rings. The first-order valence-electron chi connectivity index (χ1n) is 5.12. The van der Waals surface area contributed by atoms with Crippen LogP contribution in [0.1, 0.15) is 20.8 Å². The van der Waals surface area contributed by atoms with Crippen LogP contribution in [0.4, 0.5) is 0 Å². The van der Waals surface area contributed by atoms with Gasteiger partial charge in [-0.25, -0.2) is 4.98 Å². The molecule has 84 valence electrons. The zero-order chi connectivity index (χ0) is 11.8. The summed E-state index contributed by atoms with van der Waals surface area (Å²) in [6.45, 7) is 5.79. The van der Waals surface area contributed by atoms with Crippen molar-refractivity contribution < 1.29 is 4.21 Å². The number of hydrogen-bond acceptors (Lipinski definition) is 3. The molecule has 1 unspecified atom stereocenters. The van der Waals surface area contributed by atoms with Gasteiger partial charge in [0, 0.05) is 4.75 Å². The van der Waals surface area contributed by atoms with Gasteiger partial charge in [0.05, 0.1) is 28.0 Å². The minimum absolute atomic E-state index is 0.308. The summed E-state index contributed by atoms with van der Waals surface area (Å²) < 4.78 is 11.8. The van der Waals surface area contributed by atoms with Gasteiger partial charge in [0.2, 0.25) is 0 Å². The first-order valence-corrected chi connectivity index (χ1v) is 6.27. The van der Waals surface area contributed by atoms with Crippen molar-refractivity contribution in [2.75, 3.05) is 0 Å². The minimum atomic E-state index is -1.13. The van der Waals surface area contributed by atoms with Gasteiger partial charge < -0.3 is 0 Å². The lowest BCUT2D eigenvalue weighted by atomic mass is 10.3. The largest absolute Gasteiger partial charge is 0.252 e.